The second kappa shape index (κ2) is 4.09. The summed E-state index contributed by atoms with van der Waals surface area (Å²) in [6.45, 7) is 5.50. The number of benzene rings is 1. The predicted molar refractivity (Wildman–Crippen MR) is 61.6 cm³/mol. The van der Waals surface area contributed by atoms with Gasteiger partial charge in [-0.25, -0.2) is 0 Å². The predicted octanol–water partition coefficient (Wildman–Crippen LogP) is 2.11. The van der Waals surface area contributed by atoms with Crippen molar-refractivity contribution in [1.29, 1.82) is 0 Å². The van der Waals surface area contributed by atoms with Gasteiger partial charge in [-0.05, 0) is 38.0 Å². The molecule has 0 radical (unpaired) electrons. The Morgan fingerprint density at radius 1 is 1.44 bits per heavy atom. The van der Waals surface area contributed by atoms with E-state index < -0.39 is 10.5 Å². The van der Waals surface area contributed by atoms with E-state index in [1.54, 1.807) is 13.0 Å². The molecule has 2 N–H and O–H groups in total. The minimum atomic E-state index is -0.549. The number of nitrogens with two attached hydrogens (primary N) is 1. The fourth-order valence-corrected chi connectivity index (χ4v) is 1.67. The number of aryl methyl sites for hydroxylation is 1. The number of nitrogens with zero attached hydrogens (tertiary/aromatic N) is 1. The van der Waals surface area contributed by atoms with E-state index in [9.17, 15) is 10.1 Å². The van der Waals surface area contributed by atoms with E-state index in [-0.39, 0.29) is 11.4 Å². The average Bonchev–Trinajstić information content (AvgIpc) is 2.15. The van der Waals surface area contributed by atoms with Crippen molar-refractivity contribution in [1.82, 2.24) is 0 Å². The molecule has 0 saturated carbocycles. The van der Waals surface area contributed by atoms with E-state index in [0.29, 0.717) is 0 Å². The van der Waals surface area contributed by atoms with Crippen LogP contribution in [0.5, 0.6) is 5.75 Å². The molecule has 0 aromatic heterocycles. The summed E-state index contributed by atoms with van der Waals surface area (Å²) >= 11 is 0. The molecule has 0 fully saturated rings. The quantitative estimate of drug-likeness (QED) is 0.630. The van der Waals surface area contributed by atoms with Crippen LogP contribution in [0.15, 0.2) is 12.1 Å². The number of nitro benzene ring substituents is 1. The van der Waals surface area contributed by atoms with Gasteiger partial charge in [-0.1, -0.05) is 0 Å². The number of methoxy groups -OCH3 is 1. The molecule has 0 heterocycles. The van der Waals surface area contributed by atoms with Crippen molar-refractivity contribution in [3.8, 4) is 5.75 Å². The second-order valence-electron chi connectivity index (χ2n) is 4.32. The molecule has 0 bridgehead atoms. The largest absolute Gasteiger partial charge is 0.490 e. The van der Waals surface area contributed by atoms with Crippen molar-refractivity contribution in [3.05, 3.63) is 33.4 Å². The Labute approximate surface area is 94.4 Å². The van der Waals surface area contributed by atoms with Gasteiger partial charge in [0.2, 0.25) is 0 Å². The van der Waals surface area contributed by atoms with Crippen LogP contribution in [-0.2, 0) is 5.54 Å². The Morgan fingerprint density at radius 2 is 2.00 bits per heavy atom. The highest BCUT2D eigenvalue weighted by molar-refractivity contribution is 5.53. The summed E-state index contributed by atoms with van der Waals surface area (Å²) in [6.07, 6.45) is 0. The van der Waals surface area contributed by atoms with Crippen molar-refractivity contribution in [2.75, 3.05) is 7.11 Å². The van der Waals surface area contributed by atoms with Crippen molar-refractivity contribution in [2.24, 2.45) is 5.73 Å². The zero-order valence-electron chi connectivity index (χ0n) is 9.90. The van der Waals surface area contributed by atoms with Crippen molar-refractivity contribution >= 4 is 5.69 Å². The highest BCUT2D eigenvalue weighted by Crippen LogP contribution is 2.33. The first-order valence-corrected chi connectivity index (χ1v) is 4.89. The van der Waals surface area contributed by atoms with Gasteiger partial charge in [0.05, 0.1) is 12.0 Å². The van der Waals surface area contributed by atoms with E-state index in [0.717, 1.165) is 11.1 Å². The molecular weight excluding hydrogens is 208 g/mol. The van der Waals surface area contributed by atoms with Gasteiger partial charge in [-0.15, -0.1) is 0 Å². The molecule has 5 heteroatoms. The zero-order chi connectivity index (χ0) is 12.5. The molecule has 16 heavy (non-hydrogen) atoms. The fraction of sp³-hybridized carbons (Fsp3) is 0.455. The van der Waals surface area contributed by atoms with Crippen molar-refractivity contribution in [2.45, 2.75) is 26.3 Å². The molecule has 0 saturated heterocycles. The second-order valence-corrected chi connectivity index (χ2v) is 4.32. The summed E-state index contributed by atoms with van der Waals surface area (Å²) in [6, 6.07) is 3.12. The van der Waals surface area contributed by atoms with Gasteiger partial charge in [-0.3, -0.25) is 10.1 Å². The first-order chi connectivity index (χ1) is 7.27. The lowest BCUT2D eigenvalue weighted by molar-refractivity contribution is -0.385. The Hall–Kier alpha value is -1.62. The Bertz CT molecular complexity index is 422. The van der Waals surface area contributed by atoms with Crippen molar-refractivity contribution in [3.63, 3.8) is 0 Å². The summed E-state index contributed by atoms with van der Waals surface area (Å²) in [5.41, 5.74) is 7.03. The van der Waals surface area contributed by atoms with Crippen LogP contribution in [0.2, 0.25) is 0 Å². The van der Waals surface area contributed by atoms with Crippen LogP contribution in [0.1, 0.15) is 25.0 Å². The fourth-order valence-electron chi connectivity index (χ4n) is 1.67. The third kappa shape index (κ3) is 2.30. The monoisotopic (exact) mass is 224 g/mol. The van der Waals surface area contributed by atoms with E-state index >= 15 is 0 Å². The van der Waals surface area contributed by atoms with Crippen LogP contribution in [0, 0.1) is 17.0 Å². The van der Waals surface area contributed by atoms with Gasteiger partial charge in [0.15, 0.2) is 5.75 Å². The molecule has 0 unspecified atom stereocenters. The Morgan fingerprint density at radius 3 is 2.38 bits per heavy atom. The van der Waals surface area contributed by atoms with Gasteiger partial charge in [0.1, 0.15) is 0 Å². The number of hydrogen-bond donors (Lipinski definition) is 1. The highest BCUT2D eigenvalue weighted by Gasteiger charge is 2.23. The SMILES string of the molecule is COc1cc(C(C)(C)N)c(C)cc1[N+](=O)[O-]. The maximum absolute atomic E-state index is 10.8. The molecule has 0 amide bonds. The molecule has 0 aliphatic rings. The average molecular weight is 224 g/mol. The minimum absolute atomic E-state index is 0.0343. The first-order valence-electron chi connectivity index (χ1n) is 4.89. The minimum Gasteiger partial charge on any atom is -0.490 e. The molecule has 1 aromatic rings. The summed E-state index contributed by atoms with van der Waals surface area (Å²) in [7, 11) is 1.41. The van der Waals surface area contributed by atoms with Crippen LogP contribution in [0.25, 0.3) is 0 Å². The smallest absolute Gasteiger partial charge is 0.311 e. The molecule has 1 aromatic carbocycles. The summed E-state index contributed by atoms with van der Waals surface area (Å²) < 4.78 is 5.00. The van der Waals surface area contributed by atoms with Crippen LogP contribution < -0.4 is 10.5 Å². The molecule has 0 spiro atoms. The molecule has 1 rings (SSSR count). The normalized spacial score (nSPS) is 11.3. The topological polar surface area (TPSA) is 78.4 Å². The van der Waals surface area contributed by atoms with Crippen molar-refractivity contribution < 1.29 is 9.66 Å². The standard InChI is InChI=1S/C11H16N2O3/c1-7-5-9(13(14)15)10(16-4)6-8(7)11(2,3)12/h5-6H,12H2,1-4H3. The number of hydrogen-bond acceptors (Lipinski definition) is 4. The number of nitro groups is 1. The van der Waals surface area contributed by atoms with Crippen LogP contribution in [0.4, 0.5) is 5.69 Å². The first kappa shape index (κ1) is 12.4. The summed E-state index contributed by atoms with van der Waals surface area (Å²) in [5, 5.41) is 10.8. The van der Waals surface area contributed by atoms with Gasteiger partial charge in [0, 0.05) is 11.6 Å². The molecule has 0 aliphatic heterocycles. The van der Waals surface area contributed by atoms with E-state index in [2.05, 4.69) is 0 Å². The maximum Gasteiger partial charge on any atom is 0.311 e. The number of rotatable bonds is 3. The molecular formula is C11H16N2O3. The lowest BCUT2D eigenvalue weighted by Crippen LogP contribution is -2.29. The van der Waals surface area contributed by atoms with Gasteiger partial charge in [-0.2, -0.15) is 0 Å². The summed E-state index contributed by atoms with van der Waals surface area (Å²) in [5.74, 6) is 0.240. The van der Waals surface area contributed by atoms with E-state index in [1.807, 2.05) is 13.8 Å². The molecule has 88 valence electrons. The third-order valence-electron chi connectivity index (χ3n) is 2.42. The zero-order valence-corrected chi connectivity index (χ0v) is 9.90. The Balaban J connectivity index is 3.43. The van der Waals surface area contributed by atoms with E-state index in [1.165, 1.54) is 13.2 Å². The summed E-state index contributed by atoms with van der Waals surface area (Å²) in [4.78, 5) is 10.3. The lowest BCUT2D eigenvalue weighted by Gasteiger charge is -2.22. The lowest BCUT2D eigenvalue weighted by atomic mass is 9.91. The van der Waals surface area contributed by atoms with Crippen LogP contribution >= 0.6 is 0 Å². The van der Waals surface area contributed by atoms with Gasteiger partial charge >= 0.3 is 5.69 Å². The Kier molecular flexibility index (Phi) is 3.19. The van der Waals surface area contributed by atoms with Crippen LogP contribution in [0.3, 0.4) is 0 Å². The molecule has 5 nitrogen and oxygen atoms in total. The van der Waals surface area contributed by atoms with Crippen LogP contribution in [-0.4, -0.2) is 12.0 Å². The highest BCUT2D eigenvalue weighted by atomic mass is 16.6. The van der Waals surface area contributed by atoms with Gasteiger partial charge in [0.25, 0.3) is 0 Å². The molecule has 0 aliphatic carbocycles. The molecule has 0 atom stereocenters. The third-order valence-corrected chi connectivity index (χ3v) is 2.42. The number of ether oxygens (including phenoxy) is 1. The maximum atomic E-state index is 10.8. The van der Waals surface area contributed by atoms with E-state index in [4.69, 9.17) is 10.5 Å². The van der Waals surface area contributed by atoms with Gasteiger partial charge < -0.3 is 10.5 Å².